The van der Waals surface area contributed by atoms with E-state index in [0.717, 1.165) is 17.7 Å². The van der Waals surface area contributed by atoms with Crippen molar-refractivity contribution in [3.63, 3.8) is 0 Å². The molecule has 0 unspecified atom stereocenters. The van der Waals surface area contributed by atoms with Gasteiger partial charge in [-0.05, 0) is 36.2 Å². The smallest absolute Gasteiger partial charge is 0.253 e. The van der Waals surface area contributed by atoms with Crippen molar-refractivity contribution < 1.29 is 9.59 Å². The second-order valence-electron chi connectivity index (χ2n) is 6.95. The van der Waals surface area contributed by atoms with Crippen LogP contribution in [0.5, 0.6) is 0 Å². The molecule has 0 saturated carbocycles. The molecule has 2 aromatic carbocycles. The zero-order chi connectivity index (χ0) is 23.8. The maximum absolute atomic E-state index is 12.5. The van der Waals surface area contributed by atoms with Crippen LogP contribution in [0.2, 0.25) is 10.0 Å². The van der Waals surface area contributed by atoms with Crippen LogP contribution in [-0.4, -0.2) is 32.3 Å². The zero-order valence-corrected chi connectivity index (χ0v) is 20.3. The minimum Gasteiger partial charge on any atom is -0.345 e. The molecule has 33 heavy (non-hydrogen) atoms. The number of carbonyl (C=O) groups excluding carboxylic acids is 2. The molecule has 3 rings (SSSR count). The summed E-state index contributed by atoms with van der Waals surface area (Å²) in [6, 6.07) is 12.4. The highest BCUT2D eigenvalue weighted by molar-refractivity contribution is 7.99. The summed E-state index contributed by atoms with van der Waals surface area (Å²) in [5, 5.41) is 15.3. The van der Waals surface area contributed by atoms with Crippen LogP contribution in [0.25, 0.3) is 0 Å². The van der Waals surface area contributed by atoms with Gasteiger partial charge in [0.05, 0.1) is 22.9 Å². The van der Waals surface area contributed by atoms with Gasteiger partial charge in [-0.3, -0.25) is 9.59 Å². The first kappa shape index (κ1) is 24.8. The molecule has 0 spiro atoms. The van der Waals surface area contributed by atoms with Crippen molar-refractivity contribution in [2.75, 3.05) is 11.1 Å². The third-order valence-corrected chi connectivity index (χ3v) is 6.21. The zero-order valence-electron chi connectivity index (χ0n) is 18.0. The maximum Gasteiger partial charge on any atom is 0.253 e. The quantitative estimate of drug-likeness (QED) is 0.300. The van der Waals surface area contributed by atoms with Crippen molar-refractivity contribution in [1.82, 2.24) is 20.1 Å². The second kappa shape index (κ2) is 11.9. The Labute approximate surface area is 206 Å². The van der Waals surface area contributed by atoms with Gasteiger partial charge in [-0.25, -0.2) is 0 Å². The van der Waals surface area contributed by atoms with E-state index in [-0.39, 0.29) is 29.1 Å². The third kappa shape index (κ3) is 6.60. The molecule has 7 nitrogen and oxygen atoms in total. The molecular weight excluding hydrogens is 481 g/mol. The molecule has 2 N–H and O–H groups in total. The minimum absolute atomic E-state index is 0.134. The summed E-state index contributed by atoms with van der Waals surface area (Å²) in [7, 11) is 0. The van der Waals surface area contributed by atoms with Crippen LogP contribution in [0.1, 0.15) is 28.7 Å². The van der Waals surface area contributed by atoms with Crippen molar-refractivity contribution in [3.05, 3.63) is 82.1 Å². The van der Waals surface area contributed by atoms with Gasteiger partial charge in [-0.15, -0.1) is 16.8 Å². The Bertz CT molecular complexity index is 1170. The van der Waals surface area contributed by atoms with Crippen LogP contribution < -0.4 is 10.6 Å². The molecule has 0 radical (unpaired) electrons. The van der Waals surface area contributed by atoms with Crippen molar-refractivity contribution in [2.24, 2.45) is 0 Å². The van der Waals surface area contributed by atoms with Crippen molar-refractivity contribution in [3.8, 4) is 0 Å². The number of aryl methyl sites for hydroxylation is 1. The van der Waals surface area contributed by atoms with E-state index in [1.165, 1.54) is 17.8 Å². The van der Waals surface area contributed by atoms with E-state index in [1.807, 2.05) is 31.2 Å². The average molecular weight is 504 g/mol. The number of thioether (sulfide) groups is 1. The number of carbonyl (C=O) groups is 2. The largest absolute Gasteiger partial charge is 0.345 e. The predicted molar refractivity (Wildman–Crippen MR) is 133 cm³/mol. The van der Waals surface area contributed by atoms with Crippen LogP contribution in [0, 0.1) is 0 Å². The Hall–Kier alpha value is -2.81. The lowest BCUT2D eigenvalue weighted by atomic mass is 10.1. The fourth-order valence-electron chi connectivity index (χ4n) is 3.06. The summed E-state index contributed by atoms with van der Waals surface area (Å²) in [5.41, 5.74) is 2.20. The monoisotopic (exact) mass is 503 g/mol. The van der Waals surface area contributed by atoms with Crippen LogP contribution >= 0.6 is 35.0 Å². The van der Waals surface area contributed by atoms with Crippen LogP contribution in [0.4, 0.5) is 5.69 Å². The van der Waals surface area contributed by atoms with Gasteiger partial charge in [-0.2, -0.15) is 0 Å². The molecule has 0 aliphatic rings. The van der Waals surface area contributed by atoms with E-state index in [9.17, 15) is 9.59 Å². The molecule has 172 valence electrons. The summed E-state index contributed by atoms with van der Waals surface area (Å²) < 4.78 is 1.80. The molecule has 0 aliphatic heterocycles. The predicted octanol–water partition coefficient (Wildman–Crippen LogP) is 4.99. The Kier molecular flexibility index (Phi) is 8.94. The highest BCUT2D eigenvalue weighted by atomic mass is 35.5. The number of amides is 2. The van der Waals surface area contributed by atoms with Gasteiger partial charge < -0.3 is 15.2 Å². The fourth-order valence-corrected chi connectivity index (χ4v) is 4.33. The fraction of sp³-hybridized carbons (Fsp3) is 0.217. The summed E-state index contributed by atoms with van der Waals surface area (Å²) in [4.78, 5) is 25.0. The van der Waals surface area contributed by atoms with Crippen LogP contribution in [-0.2, 0) is 24.3 Å². The van der Waals surface area contributed by atoms with Gasteiger partial charge in [0.2, 0.25) is 5.91 Å². The number of benzene rings is 2. The lowest BCUT2D eigenvalue weighted by Gasteiger charge is -2.11. The lowest BCUT2D eigenvalue weighted by Crippen LogP contribution is -2.25. The highest BCUT2D eigenvalue weighted by Crippen LogP contribution is 2.22. The normalized spacial score (nSPS) is 10.6. The molecule has 3 aromatic rings. The number of anilines is 1. The molecule has 1 aromatic heterocycles. The van der Waals surface area contributed by atoms with Gasteiger partial charge in [0.25, 0.3) is 5.91 Å². The van der Waals surface area contributed by atoms with E-state index >= 15 is 0 Å². The highest BCUT2D eigenvalue weighted by Gasteiger charge is 2.16. The van der Waals surface area contributed by atoms with Gasteiger partial charge >= 0.3 is 0 Å². The first-order valence-electron chi connectivity index (χ1n) is 10.2. The Morgan fingerprint density at radius 2 is 1.97 bits per heavy atom. The Balaban J connectivity index is 1.63. The topological polar surface area (TPSA) is 88.9 Å². The maximum atomic E-state index is 12.5. The number of allylic oxidation sites excluding steroid dienone is 1. The molecule has 0 fully saturated rings. The number of nitrogens with zero attached hydrogens (tertiary/aromatic N) is 3. The van der Waals surface area contributed by atoms with E-state index in [1.54, 1.807) is 22.8 Å². The van der Waals surface area contributed by atoms with E-state index in [4.69, 9.17) is 23.2 Å². The SMILES string of the molecule is C=CCn1c(CNC(=O)c2ccc(Cl)cc2Cl)nnc1SCC(=O)Nc1ccccc1CC. The molecule has 2 amide bonds. The molecule has 10 heteroatoms. The number of rotatable bonds is 10. The lowest BCUT2D eigenvalue weighted by molar-refractivity contribution is -0.113. The molecule has 0 aliphatic carbocycles. The van der Waals surface area contributed by atoms with E-state index in [2.05, 4.69) is 27.4 Å². The van der Waals surface area contributed by atoms with E-state index < -0.39 is 0 Å². The summed E-state index contributed by atoms with van der Waals surface area (Å²) in [6.07, 6.45) is 2.53. The standard InChI is InChI=1S/C23H23Cl2N5O2S/c1-3-11-30-20(13-26-22(32)17-10-9-16(24)12-18(17)25)28-29-23(30)33-14-21(31)27-19-8-6-5-7-15(19)4-2/h3,5-10,12H,1,4,11,13-14H2,2H3,(H,26,32)(H,27,31). The first-order valence-corrected chi connectivity index (χ1v) is 11.9. The number of para-hydroxylation sites is 1. The summed E-state index contributed by atoms with van der Waals surface area (Å²) >= 11 is 13.3. The average Bonchev–Trinajstić information content (AvgIpc) is 3.18. The molecule has 0 atom stereocenters. The molecule has 0 saturated heterocycles. The van der Waals surface area contributed by atoms with Crippen LogP contribution in [0.15, 0.2) is 60.3 Å². The number of hydrogen-bond acceptors (Lipinski definition) is 5. The van der Waals surface area contributed by atoms with Crippen molar-refractivity contribution in [2.45, 2.75) is 31.6 Å². The number of halogens is 2. The van der Waals surface area contributed by atoms with Gasteiger partial charge in [0, 0.05) is 17.3 Å². The van der Waals surface area contributed by atoms with Crippen molar-refractivity contribution >= 4 is 52.5 Å². The minimum atomic E-state index is -0.354. The number of hydrogen-bond donors (Lipinski definition) is 2. The summed E-state index contributed by atoms with van der Waals surface area (Å²) in [5.74, 6) is 0.210. The second-order valence-corrected chi connectivity index (χ2v) is 8.74. The van der Waals surface area contributed by atoms with Gasteiger partial charge in [0.15, 0.2) is 11.0 Å². The molecular formula is C23H23Cl2N5O2S. The van der Waals surface area contributed by atoms with Crippen molar-refractivity contribution in [1.29, 1.82) is 0 Å². The van der Waals surface area contributed by atoms with Gasteiger partial charge in [-0.1, -0.05) is 66.2 Å². The Morgan fingerprint density at radius 3 is 2.70 bits per heavy atom. The molecule has 0 bridgehead atoms. The summed E-state index contributed by atoms with van der Waals surface area (Å²) in [6.45, 7) is 6.38. The number of aromatic nitrogens is 3. The first-order chi connectivity index (χ1) is 15.9. The third-order valence-electron chi connectivity index (χ3n) is 4.69. The van der Waals surface area contributed by atoms with Gasteiger partial charge in [0.1, 0.15) is 0 Å². The van der Waals surface area contributed by atoms with E-state index in [0.29, 0.717) is 28.1 Å². The van der Waals surface area contributed by atoms with Crippen LogP contribution in [0.3, 0.4) is 0 Å². The molecule has 1 heterocycles. The Morgan fingerprint density at radius 1 is 1.18 bits per heavy atom. The number of nitrogens with one attached hydrogen (secondary N) is 2.